The van der Waals surface area contributed by atoms with Crippen molar-refractivity contribution < 1.29 is 4.74 Å². The monoisotopic (exact) mass is 327 g/mol. The van der Waals surface area contributed by atoms with Gasteiger partial charge in [-0.1, -0.05) is 24.3 Å². The molecule has 0 spiro atoms. The van der Waals surface area contributed by atoms with Crippen molar-refractivity contribution in [1.29, 1.82) is 5.26 Å². The SMILES string of the molecule is CC=CCOc1ccc(-c2cnc(-c3ccc(C#N)cc3)nc2)cc1. The average Bonchev–Trinajstić information content (AvgIpc) is 2.69. The molecule has 25 heavy (non-hydrogen) atoms. The van der Waals surface area contributed by atoms with Gasteiger partial charge in [0.15, 0.2) is 5.82 Å². The van der Waals surface area contributed by atoms with Crippen LogP contribution >= 0.6 is 0 Å². The van der Waals surface area contributed by atoms with E-state index >= 15 is 0 Å². The Morgan fingerprint density at radius 3 is 2.16 bits per heavy atom. The highest BCUT2D eigenvalue weighted by Crippen LogP contribution is 2.23. The van der Waals surface area contributed by atoms with Crippen molar-refractivity contribution in [1.82, 2.24) is 9.97 Å². The second kappa shape index (κ2) is 7.89. The fraction of sp³-hybridized carbons (Fsp3) is 0.0952. The van der Waals surface area contributed by atoms with Crippen molar-refractivity contribution in [2.75, 3.05) is 6.61 Å². The van der Waals surface area contributed by atoms with Gasteiger partial charge >= 0.3 is 0 Å². The first kappa shape index (κ1) is 16.4. The predicted octanol–water partition coefficient (Wildman–Crippen LogP) is 4.64. The number of rotatable bonds is 5. The van der Waals surface area contributed by atoms with Crippen molar-refractivity contribution in [3.63, 3.8) is 0 Å². The highest BCUT2D eigenvalue weighted by atomic mass is 16.5. The van der Waals surface area contributed by atoms with Crippen molar-refractivity contribution in [3.05, 3.63) is 78.6 Å². The minimum absolute atomic E-state index is 0.568. The molecule has 3 aromatic rings. The zero-order valence-corrected chi connectivity index (χ0v) is 13.9. The summed E-state index contributed by atoms with van der Waals surface area (Å²) >= 11 is 0. The van der Waals surface area contributed by atoms with E-state index in [2.05, 4.69) is 16.0 Å². The standard InChI is InChI=1S/C21H17N3O/c1-2-3-12-25-20-10-8-17(9-11-20)19-14-23-21(24-15-19)18-6-4-16(13-22)5-7-18/h2-11,14-15H,12H2,1H3. The lowest BCUT2D eigenvalue weighted by Crippen LogP contribution is -1.93. The largest absolute Gasteiger partial charge is 0.490 e. The molecule has 0 saturated carbocycles. The van der Waals surface area contributed by atoms with Crippen LogP contribution in [-0.4, -0.2) is 16.6 Å². The van der Waals surface area contributed by atoms with Crippen molar-refractivity contribution in [2.24, 2.45) is 0 Å². The number of nitrogens with zero attached hydrogens (tertiary/aromatic N) is 3. The maximum absolute atomic E-state index is 8.85. The summed E-state index contributed by atoms with van der Waals surface area (Å²) in [6.45, 7) is 2.53. The van der Waals surface area contributed by atoms with Gasteiger partial charge in [0.05, 0.1) is 11.6 Å². The number of hydrogen-bond acceptors (Lipinski definition) is 4. The van der Waals surface area contributed by atoms with Crippen LogP contribution in [0.1, 0.15) is 12.5 Å². The van der Waals surface area contributed by atoms with E-state index in [9.17, 15) is 0 Å². The van der Waals surface area contributed by atoms with Gasteiger partial charge in [-0.05, 0) is 48.9 Å². The molecule has 0 atom stereocenters. The first-order chi connectivity index (χ1) is 12.3. The number of allylic oxidation sites excluding steroid dienone is 1. The smallest absolute Gasteiger partial charge is 0.159 e. The maximum atomic E-state index is 8.85. The fourth-order valence-corrected chi connectivity index (χ4v) is 2.30. The molecule has 1 aromatic heterocycles. The van der Waals surface area contributed by atoms with Crippen molar-refractivity contribution >= 4 is 0 Å². The van der Waals surface area contributed by atoms with E-state index < -0.39 is 0 Å². The van der Waals surface area contributed by atoms with E-state index in [0.29, 0.717) is 18.0 Å². The Morgan fingerprint density at radius 2 is 1.56 bits per heavy atom. The molecule has 1 heterocycles. The first-order valence-electron chi connectivity index (χ1n) is 7.97. The summed E-state index contributed by atoms with van der Waals surface area (Å²) in [7, 11) is 0. The van der Waals surface area contributed by atoms with E-state index in [-0.39, 0.29) is 0 Å². The van der Waals surface area contributed by atoms with Gasteiger partial charge in [-0.3, -0.25) is 0 Å². The van der Waals surface area contributed by atoms with E-state index in [0.717, 1.165) is 22.4 Å². The maximum Gasteiger partial charge on any atom is 0.159 e. The van der Waals surface area contributed by atoms with Crippen LogP contribution in [0.15, 0.2) is 73.1 Å². The summed E-state index contributed by atoms with van der Waals surface area (Å²) in [5.41, 5.74) is 3.48. The van der Waals surface area contributed by atoms with Crippen LogP contribution in [0.3, 0.4) is 0 Å². The Bertz CT molecular complexity index is 890. The molecule has 0 aliphatic carbocycles. The van der Waals surface area contributed by atoms with Crippen molar-refractivity contribution in [3.8, 4) is 34.3 Å². The summed E-state index contributed by atoms with van der Waals surface area (Å²) in [6, 6.07) is 17.2. The van der Waals surface area contributed by atoms with Gasteiger partial charge in [-0.25, -0.2) is 9.97 Å². The molecule has 0 radical (unpaired) electrons. The Morgan fingerprint density at radius 1 is 0.920 bits per heavy atom. The van der Waals surface area contributed by atoms with Gasteiger partial charge in [0.2, 0.25) is 0 Å². The molecule has 3 rings (SSSR count). The minimum atomic E-state index is 0.568. The second-order valence-corrected chi connectivity index (χ2v) is 5.39. The van der Waals surface area contributed by atoms with Gasteiger partial charge in [-0.2, -0.15) is 5.26 Å². The van der Waals surface area contributed by atoms with E-state index in [1.165, 1.54) is 0 Å². The molecular formula is C21H17N3O. The molecule has 0 amide bonds. The molecule has 0 aliphatic heterocycles. The number of aromatic nitrogens is 2. The summed E-state index contributed by atoms with van der Waals surface area (Å²) in [5.74, 6) is 1.47. The lowest BCUT2D eigenvalue weighted by molar-refractivity contribution is 0.363. The lowest BCUT2D eigenvalue weighted by atomic mass is 10.1. The van der Waals surface area contributed by atoms with Crippen LogP contribution < -0.4 is 4.74 Å². The van der Waals surface area contributed by atoms with Gasteiger partial charge in [0.1, 0.15) is 12.4 Å². The van der Waals surface area contributed by atoms with Crippen LogP contribution in [0.5, 0.6) is 5.75 Å². The van der Waals surface area contributed by atoms with Gasteiger partial charge in [0.25, 0.3) is 0 Å². The summed E-state index contributed by atoms with van der Waals surface area (Å²) in [5, 5.41) is 8.85. The highest BCUT2D eigenvalue weighted by Gasteiger charge is 2.04. The normalized spacial score (nSPS) is 10.6. The molecule has 4 heteroatoms. The summed E-state index contributed by atoms with van der Waals surface area (Å²) < 4.78 is 5.59. The number of hydrogen-bond donors (Lipinski definition) is 0. The summed E-state index contributed by atoms with van der Waals surface area (Å²) in [4.78, 5) is 8.86. The number of ether oxygens (including phenoxy) is 1. The Kier molecular flexibility index (Phi) is 5.18. The molecule has 0 fully saturated rings. The topological polar surface area (TPSA) is 58.8 Å². The Balaban J connectivity index is 1.74. The Hall–Kier alpha value is -3.45. The fourth-order valence-electron chi connectivity index (χ4n) is 2.30. The predicted molar refractivity (Wildman–Crippen MR) is 97.9 cm³/mol. The molecular weight excluding hydrogens is 310 g/mol. The van der Waals surface area contributed by atoms with Crippen LogP contribution in [0.2, 0.25) is 0 Å². The third kappa shape index (κ3) is 4.10. The van der Waals surface area contributed by atoms with E-state index in [1.54, 1.807) is 24.5 Å². The molecule has 0 saturated heterocycles. The van der Waals surface area contributed by atoms with Crippen LogP contribution in [0.4, 0.5) is 0 Å². The Labute approximate surface area is 147 Å². The number of nitriles is 1. The molecule has 0 aliphatic rings. The lowest BCUT2D eigenvalue weighted by Gasteiger charge is -2.06. The van der Waals surface area contributed by atoms with Gasteiger partial charge < -0.3 is 4.74 Å². The summed E-state index contributed by atoms with van der Waals surface area (Å²) in [6.07, 6.45) is 7.52. The van der Waals surface area contributed by atoms with Gasteiger partial charge in [0, 0.05) is 23.5 Å². The molecule has 4 nitrogen and oxygen atoms in total. The first-order valence-corrected chi connectivity index (χ1v) is 7.97. The average molecular weight is 327 g/mol. The molecule has 2 aromatic carbocycles. The van der Waals surface area contributed by atoms with Gasteiger partial charge in [-0.15, -0.1) is 0 Å². The van der Waals surface area contributed by atoms with E-state index in [1.807, 2.05) is 55.5 Å². The molecule has 122 valence electrons. The van der Waals surface area contributed by atoms with Crippen LogP contribution in [-0.2, 0) is 0 Å². The van der Waals surface area contributed by atoms with Crippen LogP contribution in [0.25, 0.3) is 22.5 Å². The molecule has 0 N–H and O–H groups in total. The zero-order chi connectivity index (χ0) is 17.5. The third-order valence-electron chi connectivity index (χ3n) is 3.69. The minimum Gasteiger partial charge on any atom is -0.490 e. The molecule has 0 bridgehead atoms. The second-order valence-electron chi connectivity index (χ2n) is 5.39. The number of benzene rings is 2. The zero-order valence-electron chi connectivity index (χ0n) is 13.9. The quantitative estimate of drug-likeness (QED) is 0.641. The van der Waals surface area contributed by atoms with Crippen LogP contribution in [0, 0.1) is 11.3 Å². The highest BCUT2D eigenvalue weighted by molar-refractivity contribution is 5.64. The van der Waals surface area contributed by atoms with Crippen molar-refractivity contribution in [2.45, 2.75) is 6.92 Å². The van der Waals surface area contributed by atoms with E-state index in [4.69, 9.17) is 10.00 Å². The molecule has 0 unspecified atom stereocenters. The third-order valence-corrected chi connectivity index (χ3v) is 3.69.